The predicted molar refractivity (Wildman–Crippen MR) is 79.1 cm³/mol. The number of pyridine rings is 1. The van der Waals surface area contributed by atoms with Crippen LogP contribution in [-0.2, 0) is 17.8 Å². The number of hydrogen-bond acceptors (Lipinski definition) is 4. The van der Waals surface area contributed by atoms with Gasteiger partial charge in [-0.25, -0.2) is 4.98 Å². The second-order valence-electron chi connectivity index (χ2n) is 4.68. The summed E-state index contributed by atoms with van der Waals surface area (Å²) in [7, 11) is 0. The van der Waals surface area contributed by atoms with Gasteiger partial charge in [0.25, 0.3) is 0 Å². The van der Waals surface area contributed by atoms with Crippen molar-refractivity contribution in [2.24, 2.45) is 0 Å². The molecule has 5 heteroatoms. The minimum absolute atomic E-state index is 0.0151. The molecule has 0 spiro atoms. The van der Waals surface area contributed by atoms with Gasteiger partial charge in [-0.15, -0.1) is 0 Å². The molecule has 2 N–H and O–H groups in total. The quantitative estimate of drug-likeness (QED) is 0.752. The fraction of sp³-hybridized carbons (Fsp3) is 0.125. The SMILES string of the molecule is O=C(O)Cc1ccccc1CNc1nccc2occc12. The van der Waals surface area contributed by atoms with E-state index >= 15 is 0 Å². The van der Waals surface area contributed by atoms with Crippen molar-refractivity contribution in [2.45, 2.75) is 13.0 Å². The lowest BCUT2D eigenvalue weighted by atomic mass is 10.0. The first kappa shape index (κ1) is 13.2. The van der Waals surface area contributed by atoms with Crippen LogP contribution >= 0.6 is 0 Å². The average Bonchev–Trinajstić information content (AvgIpc) is 2.95. The molecule has 0 aliphatic heterocycles. The number of nitrogens with zero attached hydrogens (tertiary/aromatic N) is 1. The second kappa shape index (κ2) is 5.66. The molecule has 3 aromatic rings. The Hall–Kier alpha value is -2.82. The normalized spacial score (nSPS) is 10.7. The summed E-state index contributed by atoms with van der Waals surface area (Å²) in [6.07, 6.45) is 3.31. The van der Waals surface area contributed by atoms with Gasteiger partial charge >= 0.3 is 5.97 Å². The highest BCUT2D eigenvalue weighted by Gasteiger charge is 2.08. The van der Waals surface area contributed by atoms with Crippen LogP contribution in [-0.4, -0.2) is 16.1 Å². The molecule has 0 amide bonds. The highest BCUT2D eigenvalue weighted by atomic mass is 16.4. The monoisotopic (exact) mass is 282 g/mol. The summed E-state index contributed by atoms with van der Waals surface area (Å²) in [6, 6.07) is 11.1. The number of fused-ring (bicyclic) bond motifs is 1. The number of hydrogen-bond donors (Lipinski definition) is 2. The van der Waals surface area contributed by atoms with Gasteiger partial charge in [0.05, 0.1) is 18.1 Å². The molecule has 5 nitrogen and oxygen atoms in total. The summed E-state index contributed by atoms with van der Waals surface area (Å²) in [6.45, 7) is 0.515. The van der Waals surface area contributed by atoms with Gasteiger partial charge in [0.1, 0.15) is 11.4 Å². The molecular weight excluding hydrogens is 268 g/mol. The number of aliphatic carboxylic acids is 1. The van der Waals surface area contributed by atoms with Crippen LogP contribution in [0.5, 0.6) is 0 Å². The van der Waals surface area contributed by atoms with Crippen molar-refractivity contribution >= 4 is 22.8 Å². The summed E-state index contributed by atoms with van der Waals surface area (Å²) < 4.78 is 5.33. The summed E-state index contributed by atoms with van der Waals surface area (Å²) in [5.74, 6) is -0.108. The van der Waals surface area contributed by atoms with E-state index in [9.17, 15) is 4.79 Å². The van der Waals surface area contributed by atoms with Gasteiger partial charge in [-0.05, 0) is 23.3 Å². The van der Waals surface area contributed by atoms with E-state index in [2.05, 4.69) is 10.3 Å². The van der Waals surface area contributed by atoms with Crippen molar-refractivity contribution in [3.8, 4) is 0 Å². The maximum Gasteiger partial charge on any atom is 0.307 e. The van der Waals surface area contributed by atoms with Crippen LogP contribution in [0.15, 0.2) is 53.3 Å². The fourth-order valence-electron chi connectivity index (χ4n) is 2.28. The molecule has 106 valence electrons. The molecule has 0 radical (unpaired) electrons. The zero-order valence-electron chi connectivity index (χ0n) is 11.2. The highest BCUT2D eigenvalue weighted by molar-refractivity contribution is 5.87. The third-order valence-corrected chi connectivity index (χ3v) is 3.29. The van der Waals surface area contributed by atoms with E-state index < -0.39 is 5.97 Å². The number of benzene rings is 1. The van der Waals surface area contributed by atoms with E-state index in [0.717, 1.165) is 27.9 Å². The third kappa shape index (κ3) is 2.86. The van der Waals surface area contributed by atoms with Crippen LogP contribution in [0.25, 0.3) is 11.0 Å². The van der Waals surface area contributed by atoms with Crippen molar-refractivity contribution in [3.63, 3.8) is 0 Å². The fourth-order valence-corrected chi connectivity index (χ4v) is 2.28. The molecule has 3 rings (SSSR count). The van der Waals surface area contributed by atoms with Crippen molar-refractivity contribution < 1.29 is 14.3 Å². The smallest absolute Gasteiger partial charge is 0.307 e. The zero-order valence-corrected chi connectivity index (χ0v) is 11.2. The van der Waals surface area contributed by atoms with E-state index in [1.165, 1.54) is 0 Å². The zero-order chi connectivity index (χ0) is 14.7. The standard InChI is InChI=1S/C16H14N2O3/c19-15(20)9-11-3-1-2-4-12(11)10-18-16-13-6-8-21-14(13)5-7-17-16/h1-8H,9-10H2,(H,17,18)(H,19,20). The predicted octanol–water partition coefficient (Wildman–Crippen LogP) is 3.07. The summed E-state index contributed by atoms with van der Waals surface area (Å²) in [5.41, 5.74) is 2.52. The number of aromatic nitrogens is 1. The Kier molecular flexibility index (Phi) is 3.55. The number of anilines is 1. The maximum atomic E-state index is 10.9. The Morgan fingerprint density at radius 3 is 2.81 bits per heavy atom. The molecule has 0 saturated heterocycles. The number of carbonyl (C=O) groups is 1. The lowest BCUT2D eigenvalue weighted by Crippen LogP contribution is -2.07. The van der Waals surface area contributed by atoms with Gasteiger partial charge in [-0.3, -0.25) is 4.79 Å². The third-order valence-electron chi connectivity index (χ3n) is 3.29. The Balaban J connectivity index is 1.82. The Bertz CT molecular complexity index is 780. The molecular formula is C16H14N2O3. The molecule has 2 aromatic heterocycles. The maximum absolute atomic E-state index is 10.9. The number of furan rings is 1. The number of carboxylic acid groups (broad SMARTS) is 1. The van der Waals surface area contributed by atoms with Gasteiger partial charge in [0, 0.05) is 12.7 Å². The van der Waals surface area contributed by atoms with Gasteiger partial charge in [0.15, 0.2) is 0 Å². The van der Waals surface area contributed by atoms with E-state index in [1.54, 1.807) is 18.5 Å². The minimum atomic E-state index is -0.836. The van der Waals surface area contributed by atoms with Crippen LogP contribution < -0.4 is 5.32 Å². The molecule has 0 unspecified atom stereocenters. The van der Waals surface area contributed by atoms with E-state index in [-0.39, 0.29) is 6.42 Å². The van der Waals surface area contributed by atoms with E-state index in [1.807, 2.05) is 30.3 Å². The first-order valence-electron chi connectivity index (χ1n) is 6.58. The number of rotatable bonds is 5. The Morgan fingerprint density at radius 1 is 1.19 bits per heavy atom. The van der Waals surface area contributed by atoms with Crippen molar-refractivity contribution in [3.05, 3.63) is 60.0 Å². The topological polar surface area (TPSA) is 75.4 Å². The first-order valence-corrected chi connectivity index (χ1v) is 6.58. The molecule has 0 saturated carbocycles. The molecule has 0 aliphatic carbocycles. The van der Waals surface area contributed by atoms with E-state index in [0.29, 0.717) is 6.54 Å². The lowest BCUT2D eigenvalue weighted by molar-refractivity contribution is -0.136. The molecule has 21 heavy (non-hydrogen) atoms. The van der Waals surface area contributed by atoms with Gasteiger partial charge in [0.2, 0.25) is 0 Å². The molecule has 1 aromatic carbocycles. The molecule has 0 aliphatic rings. The highest BCUT2D eigenvalue weighted by Crippen LogP contribution is 2.22. The number of nitrogens with one attached hydrogen (secondary N) is 1. The second-order valence-corrected chi connectivity index (χ2v) is 4.68. The average molecular weight is 282 g/mol. The largest absolute Gasteiger partial charge is 0.481 e. The van der Waals surface area contributed by atoms with Crippen LogP contribution in [0, 0.1) is 0 Å². The molecule has 2 heterocycles. The summed E-state index contributed by atoms with van der Waals surface area (Å²) in [4.78, 5) is 15.2. The molecule has 0 fully saturated rings. The lowest BCUT2D eigenvalue weighted by Gasteiger charge is -2.10. The minimum Gasteiger partial charge on any atom is -0.481 e. The van der Waals surface area contributed by atoms with Crippen LogP contribution in [0.3, 0.4) is 0 Å². The molecule has 0 atom stereocenters. The summed E-state index contributed by atoms with van der Waals surface area (Å²) >= 11 is 0. The van der Waals surface area contributed by atoms with E-state index in [4.69, 9.17) is 9.52 Å². The first-order chi connectivity index (χ1) is 10.2. The van der Waals surface area contributed by atoms with Crippen molar-refractivity contribution in [1.29, 1.82) is 0 Å². The molecule has 0 bridgehead atoms. The van der Waals surface area contributed by atoms with Crippen LogP contribution in [0.1, 0.15) is 11.1 Å². The van der Waals surface area contributed by atoms with Crippen LogP contribution in [0.4, 0.5) is 5.82 Å². The summed E-state index contributed by atoms with van der Waals surface area (Å²) in [5, 5.41) is 13.1. The van der Waals surface area contributed by atoms with Crippen LogP contribution in [0.2, 0.25) is 0 Å². The Labute approximate surface area is 121 Å². The number of carboxylic acids is 1. The van der Waals surface area contributed by atoms with Gasteiger partial charge in [-0.1, -0.05) is 24.3 Å². The Morgan fingerprint density at radius 2 is 2.00 bits per heavy atom. The van der Waals surface area contributed by atoms with Crippen molar-refractivity contribution in [2.75, 3.05) is 5.32 Å². The van der Waals surface area contributed by atoms with Gasteiger partial charge in [-0.2, -0.15) is 0 Å². The van der Waals surface area contributed by atoms with Gasteiger partial charge < -0.3 is 14.8 Å². The van der Waals surface area contributed by atoms with Crippen molar-refractivity contribution in [1.82, 2.24) is 4.98 Å².